The van der Waals surface area contributed by atoms with Crippen LogP contribution in [0.25, 0.3) is 10.8 Å². The number of nitrogens with zero attached hydrogens (tertiary/aromatic N) is 2. The van der Waals surface area contributed by atoms with Crippen LogP contribution in [0.15, 0.2) is 30.7 Å². The van der Waals surface area contributed by atoms with Crippen LogP contribution in [-0.4, -0.2) is 9.97 Å². The molecule has 0 saturated heterocycles. The second-order valence-electron chi connectivity index (χ2n) is 2.02. The van der Waals surface area contributed by atoms with E-state index in [4.69, 9.17) is 0 Å². The summed E-state index contributed by atoms with van der Waals surface area (Å²) in [4.78, 5) is 7.83. The van der Waals surface area contributed by atoms with Gasteiger partial charge in [0.1, 0.15) is 0 Å². The van der Waals surface area contributed by atoms with Gasteiger partial charge in [-0.15, -0.1) is 0 Å². The van der Waals surface area contributed by atoms with Crippen molar-refractivity contribution in [1.82, 2.24) is 9.97 Å². The zero-order chi connectivity index (χ0) is 6.81. The van der Waals surface area contributed by atoms with E-state index >= 15 is 0 Å². The van der Waals surface area contributed by atoms with Crippen molar-refractivity contribution >= 4 is 10.8 Å². The third-order valence-electron chi connectivity index (χ3n) is 1.37. The van der Waals surface area contributed by atoms with E-state index in [0.717, 1.165) is 10.8 Å². The fourth-order valence-corrected chi connectivity index (χ4v) is 0.866. The highest BCUT2D eigenvalue weighted by Crippen LogP contribution is 2.06. The van der Waals surface area contributed by atoms with Crippen molar-refractivity contribution in [3.8, 4) is 0 Å². The van der Waals surface area contributed by atoms with Gasteiger partial charge < -0.3 is 0 Å². The van der Waals surface area contributed by atoms with Crippen molar-refractivity contribution < 1.29 is 0 Å². The number of fused-ring (bicyclic) bond motifs is 1. The van der Waals surface area contributed by atoms with E-state index in [9.17, 15) is 0 Å². The third kappa shape index (κ3) is 0.739. The smallest absolute Gasteiger partial charge is 0.0971 e. The molecule has 2 heteroatoms. The lowest BCUT2D eigenvalue weighted by atomic mass is 10.2. The van der Waals surface area contributed by atoms with Crippen molar-refractivity contribution in [2.45, 2.75) is 0 Å². The predicted molar refractivity (Wildman–Crippen MR) is 38.4 cm³/mol. The molecule has 2 rings (SSSR count). The molecule has 10 heavy (non-hydrogen) atoms. The van der Waals surface area contributed by atoms with Crippen LogP contribution in [0.3, 0.4) is 0 Å². The van der Waals surface area contributed by atoms with E-state index in [1.165, 1.54) is 0 Å². The lowest BCUT2D eigenvalue weighted by Gasteiger charge is -1.90. The maximum absolute atomic E-state index is 3.97. The van der Waals surface area contributed by atoms with Crippen LogP contribution < -0.4 is 0 Å². The molecule has 0 N–H and O–H groups in total. The Morgan fingerprint density at radius 2 is 2.20 bits per heavy atom. The molecule has 2 aromatic heterocycles. The van der Waals surface area contributed by atoms with Crippen LogP contribution in [0.1, 0.15) is 0 Å². The van der Waals surface area contributed by atoms with Crippen LogP contribution in [0.5, 0.6) is 0 Å². The molecule has 0 aliphatic rings. The minimum absolute atomic E-state index is 1.01. The molecular weight excluding hydrogens is 124 g/mol. The van der Waals surface area contributed by atoms with E-state index in [1.807, 2.05) is 12.1 Å². The number of pyridine rings is 2. The normalized spacial score (nSPS) is 10.0. The molecule has 2 heterocycles. The lowest BCUT2D eigenvalue weighted by Crippen LogP contribution is -1.75. The van der Waals surface area contributed by atoms with Gasteiger partial charge in [0.05, 0.1) is 6.20 Å². The summed E-state index contributed by atoms with van der Waals surface area (Å²) in [6.45, 7) is 0. The number of aromatic nitrogens is 2. The third-order valence-corrected chi connectivity index (χ3v) is 1.37. The van der Waals surface area contributed by atoms with Gasteiger partial charge in [-0.3, -0.25) is 9.97 Å². The molecule has 0 aliphatic heterocycles. The summed E-state index contributed by atoms with van der Waals surface area (Å²) in [5, 5.41) is 2.09. The maximum atomic E-state index is 3.97. The molecule has 0 spiro atoms. The molecular formula is C8H5N2. The molecule has 0 bridgehead atoms. The van der Waals surface area contributed by atoms with Gasteiger partial charge in [0, 0.05) is 29.4 Å². The number of hydrogen-bond acceptors (Lipinski definition) is 2. The van der Waals surface area contributed by atoms with E-state index in [0.29, 0.717) is 0 Å². The predicted octanol–water partition coefficient (Wildman–Crippen LogP) is 1.43. The highest BCUT2D eigenvalue weighted by Gasteiger charge is 1.87. The van der Waals surface area contributed by atoms with Gasteiger partial charge in [-0.25, -0.2) is 0 Å². The van der Waals surface area contributed by atoms with Crippen LogP contribution in [0.4, 0.5) is 0 Å². The molecule has 0 unspecified atom stereocenters. The Hall–Kier alpha value is -1.44. The zero-order valence-electron chi connectivity index (χ0n) is 5.28. The van der Waals surface area contributed by atoms with Crippen LogP contribution in [0.2, 0.25) is 0 Å². The van der Waals surface area contributed by atoms with E-state index in [2.05, 4.69) is 16.2 Å². The van der Waals surface area contributed by atoms with Gasteiger partial charge >= 0.3 is 0 Å². The zero-order valence-corrected chi connectivity index (χ0v) is 5.28. The Labute approximate surface area is 58.6 Å². The Morgan fingerprint density at radius 3 is 3.10 bits per heavy atom. The molecule has 2 aromatic rings. The Balaban J connectivity index is 2.89. The first-order valence-electron chi connectivity index (χ1n) is 3.03. The van der Waals surface area contributed by atoms with Crippen molar-refractivity contribution in [1.29, 1.82) is 0 Å². The summed E-state index contributed by atoms with van der Waals surface area (Å²) in [5.41, 5.74) is 0. The molecule has 0 aliphatic carbocycles. The first-order chi connectivity index (χ1) is 4.97. The van der Waals surface area contributed by atoms with E-state index in [-0.39, 0.29) is 0 Å². The van der Waals surface area contributed by atoms with Gasteiger partial charge in [0.15, 0.2) is 0 Å². The van der Waals surface area contributed by atoms with Gasteiger partial charge in [0.25, 0.3) is 0 Å². The first kappa shape index (κ1) is 5.35. The first-order valence-corrected chi connectivity index (χ1v) is 3.03. The minimum atomic E-state index is 1.01. The average Bonchev–Trinajstić information content (AvgIpc) is 2.05. The molecule has 0 atom stereocenters. The summed E-state index contributed by atoms with van der Waals surface area (Å²) >= 11 is 0. The van der Waals surface area contributed by atoms with E-state index in [1.54, 1.807) is 18.6 Å². The summed E-state index contributed by atoms with van der Waals surface area (Å²) in [5.74, 6) is 0. The summed E-state index contributed by atoms with van der Waals surface area (Å²) in [7, 11) is 0. The number of rotatable bonds is 0. The summed E-state index contributed by atoms with van der Waals surface area (Å²) in [6.07, 6.45) is 8.11. The number of hydrogen-bond donors (Lipinski definition) is 0. The highest BCUT2D eigenvalue weighted by molar-refractivity contribution is 5.79. The van der Waals surface area contributed by atoms with Crippen LogP contribution in [0, 0.1) is 6.20 Å². The van der Waals surface area contributed by atoms with Gasteiger partial charge in [-0.2, -0.15) is 0 Å². The summed E-state index contributed by atoms with van der Waals surface area (Å²) < 4.78 is 0. The summed E-state index contributed by atoms with van der Waals surface area (Å²) in [6, 6.07) is 3.81. The Kier molecular flexibility index (Phi) is 1.10. The topological polar surface area (TPSA) is 25.8 Å². The van der Waals surface area contributed by atoms with Crippen molar-refractivity contribution in [2.75, 3.05) is 0 Å². The molecule has 1 radical (unpaired) electrons. The standard InChI is InChI=1S/C8H5N2/c1-3-9-6-8-2-4-10-5-7(1)8/h1-5H. The van der Waals surface area contributed by atoms with Crippen LogP contribution in [-0.2, 0) is 0 Å². The molecule has 2 nitrogen and oxygen atoms in total. The van der Waals surface area contributed by atoms with Crippen LogP contribution >= 0.6 is 0 Å². The average molecular weight is 129 g/mol. The molecule has 47 valence electrons. The fourth-order valence-electron chi connectivity index (χ4n) is 0.866. The van der Waals surface area contributed by atoms with Crippen molar-refractivity contribution in [2.24, 2.45) is 0 Å². The SMILES string of the molecule is [c]1nccc2cnccc12. The minimum Gasteiger partial charge on any atom is -0.264 e. The molecule has 0 fully saturated rings. The van der Waals surface area contributed by atoms with Gasteiger partial charge in [-0.1, -0.05) is 0 Å². The monoisotopic (exact) mass is 129 g/mol. The largest absolute Gasteiger partial charge is 0.264 e. The van der Waals surface area contributed by atoms with E-state index < -0.39 is 0 Å². The van der Waals surface area contributed by atoms with Crippen molar-refractivity contribution in [3.63, 3.8) is 0 Å². The molecule has 0 aromatic carbocycles. The second-order valence-corrected chi connectivity index (χ2v) is 2.02. The Morgan fingerprint density at radius 1 is 1.20 bits per heavy atom. The fraction of sp³-hybridized carbons (Fsp3) is 0. The second kappa shape index (κ2) is 2.06. The maximum Gasteiger partial charge on any atom is 0.0971 e. The quantitative estimate of drug-likeness (QED) is 0.537. The molecule has 0 amide bonds. The Bertz CT molecular complexity index is 278. The highest BCUT2D eigenvalue weighted by atomic mass is 14.6. The van der Waals surface area contributed by atoms with Gasteiger partial charge in [-0.05, 0) is 12.1 Å². The molecule has 0 saturated carbocycles. The van der Waals surface area contributed by atoms with Crippen molar-refractivity contribution in [3.05, 3.63) is 36.9 Å². The lowest BCUT2D eigenvalue weighted by molar-refractivity contribution is 1.31. The van der Waals surface area contributed by atoms with Gasteiger partial charge in [0.2, 0.25) is 0 Å².